The van der Waals surface area contributed by atoms with Gasteiger partial charge in [-0.05, 0) is 61.1 Å². The Morgan fingerprint density at radius 1 is 1.15 bits per heavy atom. The number of aryl methyl sites for hydroxylation is 1. The molecule has 0 atom stereocenters. The van der Waals surface area contributed by atoms with Gasteiger partial charge in [-0.15, -0.1) is 11.3 Å². The number of esters is 1. The molecule has 27 heavy (non-hydrogen) atoms. The van der Waals surface area contributed by atoms with E-state index in [-0.39, 0.29) is 0 Å². The lowest BCUT2D eigenvalue weighted by molar-refractivity contribution is 0.0601. The van der Waals surface area contributed by atoms with Gasteiger partial charge in [0, 0.05) is 4.88 Å². The summed E-state index contributed by atoms with van der Waals surface area (Å²) in [6.45, 7) is 0. The van der Waals surface area contributed by atoms with Gasteiger partial charge in [-0.25, -0.2) is 15.0 Å². The minimum Gasteiger partial charge on any atom is -0.497 e. The van der Waals surface area contributed by atoms with E-state index >= 15 is 0 Å². The van der Waals surface area contributed by atoms with Gasteiger partial charge >= 0.3 is 12.0 Å². The third-order valence-electron chi connectivity index (χ3n) is 4.28. The van der Waals surface area contributed by atoms with E-state index in [0.717, 1.165) is 47.4 Å². The zero-order chi connectivity index (χ0) is 19.2. The second kappa shape index (κ2) is 8.68. The number of carbonyl (C=O) groups excluding carboxylic acids is 2. The summed E-state index contributed by atoms with van der Waals surface area (Å²) in [6.07, 6.45) is 5.40. The lowest BCUT2D eigenvalue weighted by Gasteiger charge is -2.11. The third kappa shape index (κ3) is 4.46. The SMILES string of the molecule is COC(=O)c1c(NC(=O)NN=Cc2ccc(OC)cc2)sc2c1CCCC2. The molecular weight excluding hydrogens is 366 g/mol. The maximum atomic E-state index is 12.2. The summed E-state index contributed by atoms with van der Waals surface area (Å²) in [6, 6.07) is 6.75. The van der Waals surface area contributed by atoms with Gasteiger partial charge in [-0.1, -0.05) is 0 Å². The minimum absolute atomic E-state index is 0.425. The van der Waals surface area contributed by atoms with Crippen LogP contribution in [0.4, 0.5) is 9.80 Å². The molecule has 2 N–H and O–H groups in total. The van der Waals surface area contributed by atoms with Gasteiger partial charge in [0.05, 0.1) is 26.0 Å². The van der Waals surface area contributed by atoms with Crippen LogP contribution in [0.2, 0.25) is 0 Å². The summed E-state index contributed by atoms with van der Waals surface area (Å²) in [4.78, 5) is 25.5. The molecule has 1 heterocycles. The third-order valence-corrected chi connectivity index (χ3v) is 5.49. The van der Waals surface area contributed by atoms with Crippen LogP contribution in [-0.4, -0.2) is 32.4 Å². The molecule has 1 aliphatic carbocycles. The Morgan fingerprint density at radius 3 is 2.59 bits per heavy atom. The molecule has 0 fully saturated rings. The summed E-state index contributed by atoms with van der Waals surface area (Å²) in [7, 11) is 2.94. The summed E-state index contributed by atoms with van der Waals surface area (Å²) in [5.41, 5.74) is 4.69. The quantitative estimate of drug-likeness (QED) is 0.466. The Morgan fingerprint density at radius 2 is 1.89 bits per heavy atom. The maximum absolute atomic E-state index is 12.2. The topological polar surface area (TPSA) is 89.0 Å². The Hall–Kier alpha value is -2.87. The van der Waals surface area contributed by atoms with Gasteiger partial charge in [0.1, 0.15) is 10.8 Å². The number of anilines is 1. The van der Waals surface area contributed by atoms with Crippen molar-refractivity contribution in [1.82, 2.24) is 5.43 Å². The molecule has 7 nitrogen and oxygen atoms in total. The van der Waals surface area contributed by atoms with Crippen molar-refractivity contribution in [3.05, 3.63) is 45.8 Å². The number of nitrogens with zero attached hydrogens (tertiary/aromatic N) is 1. The second-order valence-electron chi connectivity index (χ2n) is 6.00. The number of urea groups is 1. The molecule has 1 aromatic heterocycles. The van der Waals surface area contributed by atoms with Crippen molar-refractivity contribution >= 4 is 34.6 Å². The van der Waals surface area contributed by atoms with E-state index < -0.39 is 12.0 Å². The van der Waals surface area contributed by atoms with Crippen LogP contribution in [0.25, 0.3) is 0 Å². The molecule has 2 aromatic rings. The molecule has 0 radical (unpaired) electrons. The Bertz CT molecular complexity index is 859. The van der Waals surface area contributed by atoms with Crippen molar-refractivity contribution in [3.8, 4) is 5.75 Å². The smallest absolute Gasteiger partial charge is 0.341 e. The molecule has 8 heteroatoms. The summed E-state index contributed by atoms with van der Waals surface area (Å²) in [5, 5.41) is 7.16. The van der Waals surface area contributed by atoms with Crippen molar-refractivity contribution in [3.63, 3.8) is 0 Å². The first-order valence-corrected chi connectivity index (χ1v) is 9.41. The van der Waals surface area contributed by atoms with Gasteiger partial charge in [0.2, 0.25) is 0 Å². The molecule has 1 aliphatic rings. The molecule has 142 valence electrons. The number of methoxy groups -OCH3 is 2. The van der Waals surface area contributed by atoms with Crippen LogP contribution in [0.15, 0.2) is 29.4 Å². The largest absolute Gasteiger partial charge is 0.497 e. The number of carbonyl (C=O) groups is 2. The highest BCUT2D eigenvalue weighted by molar-refractivity contribution is 7.17. The van der Waals surface area contributed by atoms with E-state index in [9.17, 15) is 9.59 Å². The highest BCUT2D eigenvalue weighted by Gasteiger charge is 2.26. The minimum atomic E-state index is -0.511. The zero-order valence-electron chi connectivity index (χ0n) is 15.2. The molecule has 0 saturated carbocycles. The number of ether oxygens (including phenoxy) is 2. The molecule has 0 spiro atoms. The van der Waals surface area contributed by atoms with E-state index in [1.165, 1.54) is 24.7 Å². The first kappa shape index (κ1) is 18.9. The normalized spacial score (nSPS) is 13.1. The standard InChI is InChI=1S/C19H21N3O4S/c1-25-13-9-7-12(8-10-13)11-20-22-19(24)21-17-16(18(23)26-2)14-5-3-4-6-15(14)27-17/h7-11H,3-6H2,1-2H3,(H2,21,22,24). The molecule has 0 bridgehead atoms. The molecular formula is C19H21N3O4S. The molecule has 0 aliphatic heterocycles. The van der Waals surface area contributed by atoms with E-state index in [1.807, 2.05) is 12.1 Å². The van der Waals surface area contributed by atoms with Gasteiger partial charge in [-0.2, -0.15) is 5.10 Å². The van der Waals surface area contributed by atoms with Gasteiger partial charge in [-0.3, -0.25) is 5.32 Å². The molecule has 2 amide bonds. The van der Waals surface area contributed by atoms with Crippen LogP contribution in [-0.2, 0) is 17.6 Å². The average molecular weight is 387 g/mol. The fraction of sp³-hybridized carbons (Fsp3) is 0.316. The molecule has 0 unspecified atom stereocenters. The van der Waals surface area contributed by atoms with Crippen LogP contribution in [0.5, 0.6) is 5.75 Å². The van der Waals surface area contributed by atoms with Crippen LogP contribution < -0.4 is 15.5 Å². The van der Waals surface area contributed by atoms with Gasteiger partial charge in [0.15, 0.2) is 0 Å². The van der Waals surface area contributed by atoms with Gasteiger partial charge < -0.3 is 9.47 Å². The Balaban J connectivity index is 1.67. The highest BCUT2D eigenvalue weighted by Crippen LogP contribution is 2.38. The molecule has 3 rings (SSSR count). The number of fused-ring (bicyclic) bond motifs is 1. The van der Waals surface area contributed by atoms with E-state index in [4.69, 9.17) is 9.47 Å². The van der Waals surface area contributed by atoms with Crippen LogP contribution in [0, 0.1) is 0 Å². The number of hydrogen-bond acceptors (Lipinski definition) is 6. The number of hydrazone groups is 1. The monoisotopic (exact) mass is 387 g/mol. The maximum Gasteiger partial charge on any atom is 0.341 e. The number of rotatable bonds is 5. The molecule has 0 saturated heterocycles. The predicted molar refractivity (Wildman–Crippen MR) is 105 cm³/mol. The number of hydrogen-bond donors (Lipinski definition) is 2. The Labute approximate surface area is 161 Å². The van der Waals surface area contributed by atoms with E-state index in [1.54, 1.807) is 19.2 Å². The Kier molecular flexibility index (Phi) is 6.08. The van der Waals surface area contributed by atoms with Crippen molar-refractivity contribution in [2.45, 2.75) is 25.7 Å². The van der Waals surface area contributed by atoms with Crippen molar-refractivity contribution < 1.29 is 19.1 Å². The first-order valence-electron chi connectivity index (χ1n) is 8.59. The van der Waals surface area contributed by atoms with Crippen molar-refractivity contribution in [1.29, 1.82) is 0 Å². The van der Waals surface area contributed by atoms with Crippen molar-refractivity contribution in [2.24, 2.45) is 5.10 Å². The number of benzene rings is 1. The average Bonchev–Trinajstić information content (AvgIpc) is 3.05. The molecule has 1 aromatic carbocycles. The lowest BCUT2D eigenvalue weighted by atomic mass is 9.95. The second-order valence-corrected chi connectivity index (χ2v) is 7.11. The number of thiophene rings is 1. The van der Waals surface area contributed by atoms with Crippen LogP contribution in [0.1, 0.15) is 39.2 Å². The summed E-state index contributed by atoms with van der Waals surface area (Å²) >= 11 is 1.43. The van der Waals surface area contributed by atoms with Gasteiger partial charge in [0.25, 0.3) is 0 Å². The number of amides is 2. The fourth-order valence-electron chi connectivity index (χ4n) is 2.96. The van der Waals surface area contributed by atoms with Crippen LogP contribution in [0.3, 0.4) is 0 Å². The first-order chi connectivity index (χ1) is 13.1. The lowest BCUT2D eigenvalue weighted by Crippen LogP contribution is -2.24. The van der Waals surface area contributed by atoms with Crippen LogP contribution >= 0.6 is 11.3 Å². The highest BCUT2D eigenvalue weighted by atomic mass is 32.1. The summed E-state index contributed by atoms with van der Waals surface area (Å²) < 4.78 is 9.99. The van der Waals surface area contributed by atoms with Crippen molar-refractivity contribution in [2.75, 3.05) is 19.5 Å². The fourth-order valence-corrected chi connectivity index (χ4v) is 4.23. The predicted octanol–water partition coefficient (Wildman–Crippen LogP) is 3.58. The summed E-state index contributed by atoms with van der Waals surface area (Å²) in [5.74, 6) is 0.321. The number of nitrogens with one attached hydrogen (secondary N) is 2. The van der Waals surface area contributed by atoms with E-state index in [2.05, 4.69) is 15.8 Å². The van der Waals surface area contributed by atoms with E-state index in [0.29, 0.717) is 10.6 Å². The zero-order valence-corrected chi connectivity index (χ0v) is 16.0.